The minimum atomic E-state index is -1.08. The molecule has 2 aromatic rings. The number of carbonyl (C=O) groups is 4. The maximum atomic E-state index is 13.8. The Kier molecular flexibility index (Phi) is 8.91. The summed E-state index contributed by atoms with van der Waals surface area (Å²) in [7, 11) is 0. The van der Waals surface area contributed by atoms with Crippen LogP contribution in [-0.2, 0) is 14.4 Å². The van der Waals surface area contributed by atoms with Gasteiger partial charge in [-0.1, -0.05) is 19.8 Å². The minimum absolute atomic E-state index is 0.0395. The number of hydrogen-bond donors (Lipinski definition) is 5. The van der Waals surface area contributed by atoms with Gasteiger partial charge in [0.2, 0.25) is 11.8 Å². The molecule has 0 spiro atoms. The summed E-state index contributed by atoms with van der Waals surface area (Å²) in [4.78, 5) is 50.9. The fourth-order valence-corrected chi connectivity index (χ4v) is 3.68. The van der Waals surface area contributed by atoms with E-state index in [0.29, 0.717) is 19.0 Å². The maximum absolute atomic E-state index is 13.8. The van der Waals surface area contributed by atoms with Crippen LogP contribution in [0.4, 0.5) is 8.78 Å². The molecular formula is C24H30F2N4O5. The zero-order valence-electron chi connectivity index (χ0n) is 19.5. The monoisotopic (exact) mass is 492 g/mol. The lowest BCUT2D eigenvalue weighted by molar-refractivity contribution is -0.131. The number of halogens is 2. The van der Waals surface area contributed by atoms with Crippen LogP contribution < -0.4 is 16.0 Å². The molecule has 1 aromatic heterocycles. The van der Waals surface area contributed by atoms with Crippen molar-refractivity contribution in [2.45, 2.75) is 45.1 Å². The van der Waals surface area contributed by atoms with Gasteiger partial charge in [-0.25, -0.2) is 8.78 Å². The number of carbonyl (C=O) groups excluding carboxylic acids is 4. The number of aliphatic hydroxyl groups is 1. The SMILES string of the molecule is CC1CC1.O=C(CNC(=O)c1cc2cc(F)cc(F)c2[nH]1)N[C@@H](CC1CCCNC1=O)C(=O)CO. The van der Waals surface area contributed by atoms with Crippen molar-refractivity contribution >= 4 is 34.4 Å². The largest absolute Gasteiger partial charge is 0.389 e. The van der Waals surface area contributed by atoms with Gasteiger partial charge in [-0.3, -0.25) is 19.2 Å². The van der Waals surface area contributed by atoms with Crippen molar-refractivity contribution in [3.8, 4) is 0 Å². The Balaban J connectivity index is 0.000000775. The first-order valence-electron chi connectivity index (χ1n) is 11.6. The summed E-state index contributed by atoms with van der Waals surface area (Å²) in [5.74, 6) is -3.33. The highest BCUT2D eigenvalue weighted by atomic mass is 19.1. The average Bonchev–Trinajstić information content (AvgIpc) is 3.48. The van der Waals surface area contributed by atoms with Crippen LogP contribution in [0.25, 0.3) is 10.9 Å². The van der Waals surface area contributed by atoms with E-state index in [4.69, 9.17) is 5.11 Å². The first-order valence-corrected chi connectivity index (χ1v) is 11.6. The van der Waals surface area contributed by atoms with Gasteiger partial charge in [-0.15, -0.1) is 0 Å². The first-order chi connectivity index (χ1) is 16.7. The van der Waals surface area contributed by atoms with Crippen molar-refractivity contribution in [1.29, 1.82) is 0 Å². The third kappa shape index (κ3) is 7.57. The Hall–Kier alpha value is -3.34. The molecule has 1 aliphatic heterocycles. The Bertz CT molecular complexity index is 1100. The molecule has 1 unspecified atom stereocenters. The van der Waals surface area contributed by atoms with Crippen molar-refractivity contribution in [3.05, 3.63) is 35.5 Å². The molecule has 1 aliphatic carbocycles. The summed E-state index contributed by atoms with van der Waals surface area (Å²) in [5.41, 5.74) is -0.121. The topological polar surface area (TPSA) is 140 Å². The summed E-state index contributed by atoms with van der Waals surface area (Å²) < 4.78 is 27.1. The highest BCUT2D eigenvalue weighted by molar-refractivity contribution is 6.00. The molecule has 35 heavy (non-hydrogen) atoms. The van der Waals surface area contributed by atoms with Gasteiger partial charge >= 0.3 is 0 Å². The Morgan fingerprint density at radius 3 is 2.51 bits per heavy atom. The van der Waals surface area contributed by atoms with E-state index in [1.165, 1.54) is 18.9 Å². The smallest absolute Gasteiger partial charge is 0.268 e. The lowest BCUT2D eigenvalue weighted by atomic mass is 9.90. The number of Topliss-reactive ketones (excluding diaryl/α,β-unsaturated/α-hetero) is 1. The zero-order chi connectivity index (χ0) is 25.5. The number of aromatic nitrogens is 1. The van der Waals surface area contributed by atoms with Crippen LogP contribution in [0.5, 0.6) is 0 Å². The molecule has 2 aliphatic rings. The summed E-state index contributed by atoms with van der Waals surface area (Å²) in [6.07, 6.45) is 4.32. The number of fused-ring (bicyclic) bond motifs is 1. The molecule has 4 rings (SSSR count). The number of benzene rings is 1. The van der Waals surface area contributed by atoms with Crippen LogP contribution in [-0.4, -0.2) is 59.3 Å². The lowest BCUT2D eigenvalue weighted by Gasteiger charge is -2.26. The number of rotatable bonds is 8. The van der Waals surface area contributed by atoms with Gasteiger partial charge in [-0.05, 0) is 37.3 Å². The summed E-state index contributed by atoms with van der Waals surface area (Å²) in [5, 5.41) is 16.7. The van der Waals surface area contributed by atoms with E-state index in [-0.39, 0.29) is 28.9 Å². The van der Waals surface area contributed by atoms with Crippen LogP contribution in [0.3, 0.4) is 0 Å². The van der Waals surface area contributed by atoms with Crippen molar-refractivity contribution < 1.29 is 33.1 Å². The second-order valence-electron chi connectivity index (χ2n) is 9.01. The molecule has 1 saturated carbocycles. The van der Waals surface area contributed by atoms with Crippen LogP contribution in [0.2, 0.25) is 0 Å². The van der Waals surface area contributed by atoms with Crippen LogP contribution in [0.15, 0.2) is 18.2 Å². The predicted octanol–water partition coefficient (Wildman–Crippen LogP) is 1.55. The minimum Gasteiger partial charge on any atom is -0.389 e. The number of amides is 3. The van der Waals surface area contributed by atoms with E-state index in [9.17, 15) is 28.0 Å². The number of aliphatic hydroxyl groups excluding tert-OH is 1. The fourth-order valence-electron chi connectivity index (χ4n) is 3.68. The second kappa shape index (κ2) is 11.9. The van der Waals surface area contributed by atoms with E-state index < -0.39 is 54.3 Å². The Morgan fingerprint density at radius 2 is 1.89 bits per heavy atom. The molecule has 1 aromatic carbocycles. The molecule has 5 N–H and O–H groups in total. The van der Waals surface area contributed by atoms with Gasteiger partial charge in [0, 0.05) is 23.9 Å². The average molecular weight is 493 g/mol. The van der Waals surface area contributed by atoms with Gasteiger partial charge in [0.05, 0.1) is 18.1 Å². The van der Waals surface area contributed by atoms with Crippen molar-refractivity contribution in [2.75, 3.05) is 19.7 Å². The normalized spacial score (nSPS) is 18.2. The molecule has 9 nitrogen and oxygen atoms in total. The molecule has 2 heterocycles. The lowest BCUT2D eigenvalue weighted by Crippen LogP contribution is -2.49. The molecule has 0 bridgehead atoms. The maximum Gasteiger partial charge on any atom is 0.268 e. The zero-order valence-corrected chi connectivity index (χ0v) is 19.5. The highest BCUT2D eigenvalue weighted by Gasteiger charge is 2.29. The van der Waals surface area contributed by atoms with Crippen molar-refractivity contribution in [1.82, 2.24) is 20.9 Å². The van der Waals surface area contributed by atoms with Crippen LogP contribution in [0, 0.1) is 23.5 Å². The number of H-pyrrole nitrogens is 1. The number of nitrogens with one attached hydrogen (secondary N) is 4. The van der Waals surface area contributed by atoms with Gasteiger partial charge < -0.3 is 26.0 Å². The molecular weight excluding hydrogens is 462 g/mol. The third-order valence-corrected chi connectivity index (χ3v) is 5.96. The van der Waals surface area contributed by atoms with Crippen LogP contribution in [0.1, 0.15) is 49.5 Å². The van der Waals surface area contributed by atoms with Crippen molar-refractivity contribution in [3.63, 3.8) is 0 Å². The van der Waals surface area contributed by atoms with E-state index in [1.54, 1.807) is 0 Å². The number of ketones is 1. The van der Waals surface area contributed by atoms with E-state index >= 15 is 0 Å². The molecule has 2 atom stereocenters. The molecule has 1 saturated heterocycles. The van der Waals surface area contributed by atoms with Crippen molar-refractivity contribution in [2.24, 2.45) is 11.8 Å². The van der Waals surface area contributed by atoms with Crippen LogP contribution >= 0.6 is 0 Å². The van der Waals surface area contributed by atoms with E-state index in [0.717, 1.165) is 18.4 Å². The number of piperidine rings is 1. The predicted molar refractivity (Wildman–Crippen MR) is 123 cm³/mol. The van der Waals surface area contributed by atoms with Gasteiger partial charge in [-0.2, -0.15) is 0 Å². The second-order valence-corrected chi connectivity index (χ2v) is 9.01. The molecule has 190 valence electrons. The van der Waals surface area contributed by atoms with E-state index in [1.807, 2.05) is 0 Å². The first kappa shape index (κ1) is 26.3. The summed E-state index contributed by atoms with van der Waals surface area (Å²) in [6, 6.07) is 1.91. The molecule has 3 amide bonds. The summed E-state index contributed by atoms with van der Waals surface area (Å²) in [6.45, 7) is 1.52. The van der Waals surface area contributed by atoms with Gasteiger partial charge in [0.25, 0.3) is 5.91 Å². The Morgan fingerprint density at radius 1 is 1.17 bits per heavy atom. The number of hydrogen-bond acceptors (Lipinski definition) is 5. The highest BCUT2D eigenvalue weighted by Crippen LogP contribution is 2.26. The third-order valence-electron chi connectivity index (χ3n) is 5.96. The van der Waals surface area contributed by atoms with Gasteiger partial charge in [0.15, 0.2) is 5.78 Å². The summed E-state index contributed by atoms with van der Waals surface area (Å²) >= 11 is 0. The van der Waals surface area contributed by atoms with E-state index in [2.05, 4.69) is 27.9 Å². The van der Waals surface area contributed by atoms with Gasteiger partial charge in [0.1, 0.15) is 23.9 Å². The standard InChI is InChI=1S/C20H22F2N4O5.C4H8/c21-12-4-11-6-15(26-18(11)13(22)7-12)20(31)24-8-17(29)25-14(16(28)9-27)5-10-2-1-3-23-19(10)30;1-4-2-3-4/h4,6-7,10,14,26-27H,1-3,5,8-9H2,(H,23,30)(H,24,31)(H,25,29);4H,2-3H2,1H3/t10?,14-;/m0./s1. The molecule has 11 heteroatoms. The molecule has 0 radical (unpaired) electrons. The molecule has 2 fully saturated rings. The number of aromatic amines is 1. The fraction of sp³-hybridized carbons (Fsp3) is 0.500. The Labute approximate surface area is 201 Å². The quantitative estimate of drug-likeness (QED) is 0.380.